The van der Waals surface area contributed by atoms with Crippen LogP contribution >= 0.6 is 11.8 Å². The molecular formula is C16H15FN2O4S2. The SMILES string of the molecule is CC(=O)c1cccc(S(=O)(=O)NNC(=O)CSc2ccccc2F)c1. The molecule has 0 saturated carbocycles. The number of hydrogen-bond acceptors (Lipinski definition) is 5. The first-order valence-corrected chi connectivity index (χ1v) is 9.55. The smallest absolute Gasteiger partial charge is 0.257 e. The number of sulfonamides is 1. The second-order valence-corrected chi connectivity index (χ2v) is 7.66. The standard InChI is InChI=1S/C16H15FN2O4S2/c1-11(20)12-5-4-6-13(9-12)25(22,23)19-18-16(21)10-24-15-8-3-2-7-14(15)17/h2-9,19H,10H2,1H3,(H,18,21). The van der Waals surface area contributed by atoms with E-state index >= 15 is 0 Å². The lowest BCUT2D eigenvalue weighted by atomic mass is 10.2. The molecule has 0 bridgehead atoms. The average Bonchev–Trinajstić information content (AvgIpc) is 2.59. The Labute approximate surface area is 148 Å². The number of hydrazine groups is 1. The molecule has 0 aliphatic heterocycles. The van der Waals surface area contributed by atoms with Crippen molar-refractivity contribution in [2.45, 2.75) is 16.7 Å². The number of amides is 1. The molecule has 25 heavy (non-hydrogen) atoms. The van der Waals surface area contributed by atoms with E-state index in [1.807, 2.05) is 4.83 Å². The van der Waals surface area contributed by atoms with Gasteiger partial charge < -0.3 is 0 Å². The van der Waals surface area contributed by atoms with E-state index in [1.54, 1.807) is 6.07 Å². The number of halogens is 1. The molecule has 2 aromatic carbocycles. The second-order valence-electron chi connectivity index (χ2n) is 4.96. The lowest BCUT2D eigenvalue weighted by molar-refractivity contribution is -0.119. The van der Waals surface area contributed by atoms with Gasteiger partial charge in [0.2, 0.25) is 5.91 Å². The number of hydrogen-bond donors (Lipinski definition) is 2. The molecule has 9 heteroatoms. The van der Waals surface area contributed by atoms with Crippen molar-refractivity contribution < 1.29 is 22.4 Å². The van der Waals surface area contributed by atoms with Gasteiger partial charge in [0.15, 0.2) is 5.78 Å². The number of Topliss-reactive ketones (excluding diaryl/α,β-unsaturated/α-hetero) is 1. The molecule has 0 radical (unpaired) electrons. The van der Waals surface area contributed by atoms with E-state index in [4.69, 9.17) is 0 Å². The van der Waals surface area contributed by atoms with Gasteiger partial charge in [-0.3, -0.25) is 15.0 Å². The Hall–Kier alpha value is -2.23. The molecule has 0 aliphatic rings. The Morgan fingerprint density at radius 3 is 2.52 bits per heavy atom. The van der Waals surface area contributed by atoms with Crippen molar-refractivity contribution in [3.8, 4) is 0 Å². The third kappa shape index (κ3) is 5.38. The Bertz CT molecular complexity index is 901. The number of thioether (sulfide) groups is 1. The molecule has 0 unspecified atom stereocenters. The average molecular weight is 382 g/mol. The Balaban J connectivity index is 1.95. The largest absolute Gasteiger partial charge is 0.295 e. The van der Waals surface area contributed by atoms with Crippen LogP contribution in [0.25, 0.3) is 0 Å². The van der Waals surface area contributed by atoms with Crippen LogP contribution < -0.4 is 10.3 Å². The molecule has 0 fully saturated rings. The summed E-state index contributed by atoms with van der Waals surface area (Å²) in [4.78, 5) is 25.1. The molecule has 0 aliphatic carbocycles. The quantitative estimate of drug-likeness (QED) is 0.435. The first kappa shape index (κ1) is 19.1. The summed E-state index contributed by atoms with van der Waals surface area (Å²) in [7, 11) is -4.02. The van der Waals surface area contributed by atoms with E-state index in [9.17, 15) is 22.4 Å². The highest BCUT2D eigenvalue weighted by Crippen LogP contribution is 2.20. The minimum absolute atomic E-state index is 0.151. The fourth-order valence-electron chi connectivity index (χ4n) is 1.81. The maximum absolute atomic E-state index is 13.4. The van der Waals surface area contributed by atoms with Crippen molar-refractivity contribution in [1.29, 1.82) is 0 Å². The number of ketones is 1. The molecule has 1 amide bonds. The van der Waals surface area contributed by atoms with Crippen LogP contribution in [-0.4, -0.2) is 25.9 Å². The minimum Gasteiger partial charge on any atom is -0.295 e. The van der Waals surface area contributed by atoms with Crippen molar-refractivity contribution in [2.75, 3.05) is 5.75 Å². The van der Waals surface area contributed by atoms with Crippen LogP contribution in [0.1, 0.15) is 17.3 Å². The molecule has 2 N–H and O–H groups in total. The Kier molecular flexibility index (Phi) is 6.29. The van der Waals surface area contributed by atoms with Crippen molar-refractivity contribution in [3.05, 3.63) is 59.9 Å². The van der Waals surface area contributed by atoms with Gasteiger partial charge in [-0.1, -0.05) is 24.3 Å². The molecule has 0 aromatic heterocycles. The van der Waals surface area contributed by atoms with Gasteiger partial charge in [0.1, 0.15) is 5.82 Å². The summed E-state index contributed by atoms with van der Waals surface area (Å²) in [5.41, 5.74) is 2.29. The van der Waals surface area contributed by atoms with Crippen LogP contribution in [0.2, 0.25) is 0 Å². The summed E-state index contributed by atoms with van der Waals surface area (Å²) in [6.07, 6.45) is 0. The van der Waals surface area contributed by atoms with E-state index in [1.165, 1.54) is 49.4 Å². The zero-order valence-electron chi connectivity index (χ0n) is 13.2. The highest BCUT2D eigenvalue weighted by molar-refractivity contribution is 8.00. The van der Waals surface area contributed by atoms with Crippen molar-refractivity contribution in [3.63, 3.8) is 0 Å². The van der Waals surface area contributed by atoms with Crippen molar-refractivity contribution in [1.82, 2.24) is 10.3 Å². The predicted molar refractivity (Wildman–Crippen MR) is 92.0 cm³/mol. The maximum Gasteiger partial charge on any atom is 0.257 e. The van der Waals surface area contributed by atoms with Crippen LogP contribution in [-0.2, 0) is 14.8 Å². The van der Waals surface area contributed by atoms with Crippen LogP contribution in [0.4, 0.5) is 4.39 Å². The summed E-state index contributed by atoms with van der Waals surface area (Å²) in [6, 6.07) is 11.4. The lowest BCUT2D eigenvalue weighted by Gasteiger charge is -2.09. The monoisotopic (exact) mass is 382 g/mol. The first-order chi connectivity index (χ1) is 11.8. The lowest BCUT2D eigenvalue weighted by Crippen LogP contribution is -2.42. The molecule has 0 heterocycles. The molecule has 6 nitrogen and oxygen atoms in total. The number of carbonyl (C=O) groups is 2. The summed E-state index contributed by atoms with van der Waals surface area (Å²) in [5.74, 6) is -1.54. The van der Waals surface area contributed by atoms with Gasteiger partial charge in [0, 0.05) is 10.5 Å². The van der Waals surface area contributed by atoms with Crippen LogP contribution in [0, 0.1) is 5.82 Å². The third-order valence-corrected chi connectivity index (χ3v) is 5.37. The van der Waals surface area contributed by atoms with Gasteiger partial charge in [-0.2, -0.15) is 0 Å². The summed E-state index contributed by atoms with van der Waals surface area (Å²) in [5, 5.41) is 0. The molecule has 132 valence electrons. The molecule has 0 spiro atoms. The van der Waals surface area contributed by atoms with Gasteiger partial charge >= 0.3 is 0 Å². The van der Waals surface area contributed by atoms with Crippen LogP contribution in [0.15, 0.2) is 58.3 Å². The molecule has 2 aromatic rings. The molecule has 2 rings (SSSR count). The molecule has 0 atom stereocenters. The molecular weight excluding hydrogens is 367 g/mol. The van der Waals surface area contributed by atoms with Gasteiger partial charge in [0.25, 0.3) is 10.0 Å². The highest BCUT2D eigenvalue weighted by atomic mass is 32.2. The van der Waals surface area contributed by atoms with E-state index in [0.29, 0.717) is 0 Å². The van der Waals surface area contributed by atoms with Gasteiger partial charge in [-0.15, -0.1) is 16.6 Å². The zero-order valence-corrected chi connectivity index (χ0v) is 14.8. The van der Waals surface area contributed by atoms with Crippen LogP contribution in [0.5, 0.6) is 0 Å². The van der Waals surface area contributed by atoms with E-state index < -0.39 is 21.7 Å². The topological polar surface area (TPSA) is 92.3 Å². The van der Waals surface area contributed by atoms with Gasteiger partial charge in [-0.05, 0) is 31.2 Å². The molecule has 0 saturated heterocycles. The number of nitrogens with one attached hydrogen (secondary N) is 2. The fraction of sp³-hybridized carbons (Fsp3) is 0.125. The Morgan fingerprint density at radius 2 is 1.84 bits per heavy atom. The minimum atomic E-state index is -4.02. The van der Waals surface area contributed by atoms with Gasteiger partial charge in [0.05, 0.1) is 10.6 Å². The van der Waals surface area contributed by atoms with Gasteiger partial charge in [-0.25, -0.2) is 12.8 Å². The third-order valence-electron chi connectivity index (χ3n) is 3.07. The van der Waals surface area contributed by atoms with E-state index in [0.717, 1.165) is 11.8 Å². The van der Waals surface area contributed by atoms with Crippen molar-refractivity contribution in [2.24, 2.45) is 0 Å². The Morgan fingerprint density at radius 1 is 1.12 bits per heavy atom. The predicted octanol–water partition coefficient (Wildman–Crippen LogP) is 2.13. The van der Waals surface area contributed by atoms with E-state index in [2.05, 4.69) is 5.43 Å². The van der Waals surface area contributed by atoms with Crippen LogP contribution in [0.3, 0.4) is 0 Å². The number of rotatable bonds is 7. The first-order valence-electron chi connectivity index (χ1n) is 7.08. The number of carbonyl (C=O) groups excluding carboxylic acids is 2. The fourth-order valence-corrected chi connectivity index (χ4v) is 3.45. The highest BCUT2D eigenvalue weighted by Gasteiger charge is 2.16. The normalized spacial score (nSPS) is 11.1. The summed E-state index contributed by atoms with van der Waals surface area (Å²) >= 11 is 0.941. The summed E-state index contributed by atoms with van der Waals surface area (Å²) in [6.45, 7) is 1.32. The van der Waals surface area contributed by atoms with E-state index in [-0.39, 0.29) is 26.9 Å². The zero-order chi connectivity index (χ0) is 18.4. The maximum atomic E-state index is 13.4. The second kappa shape index (κ2) is 8.24. The number of benzene rings is 2. The summed E-state index contributed by atoms with van der Waals surface area (Å²) < 4.78 is 37.7. The van der Waals surface area contributed by atoms with Crippen molar-refractivity contribution >= 4 is 33.5 Å².